The van der Waals surface area contributed by atoms with Gasteiger partial charge in [0.2, 0.25) is 5.91 Å². The van der Waals surface area contributed by atoms with Gasteiger partial charge >= 0.3 is 0 Å². The molecule has 0 radical (unpaired) electrons. The highest BCUT2D eigenvalue weighted by Gasteiger charge is 2.44. The van der Waals surface area contributed by atoms with Crippen LogP contribution in [0.1, 0.15) is 24.8 Å². The Kier molecular flexibility index (Phi) is 5.44. The molecule has 2 amide bonds. The van der Waals surface area contributed by atoms with Crippen LogP contribution in [0.15, 0.2) is 60.7 Å². The number of anilines is 1. The average molecular weight is 378 g/mol. The van der Waals surface area contributed by atoms with E-state index < -0.39 is 5.60 Å². The summed E-state index contributed by atoms with van der Waals surface area (Å²) in [4.78, 5) is 28.9. The summed E-state index contributed by atoms with van der Waals surface area (Å²) in [7, 11) is 0. The number of morpholine rings is 1. The van der Waals surface area contributed by atoms with Crippen LogP contribution in [0.4, 0.5) is 5.69 Å². The first-order valence-corrected chi connectivity index (χ1v) is 9.96. The third kappa shape index (κ3) is 4.09. The van der Waals surface area contributed by atoms with Crippen molar-refractivity contribution < 1.29 is 14.3 Å². The summed E-state index contributed by atoms with van der Waals surface area (Å²) in [6.45, 7) is 1.88. The number of carbonyl (C=O) groups excluding carboxylic acids is 2. The number of benzene rings is 2. The van der Waals surface area contributed by atoms with Crippen LogP contribution in [0.3, 0.4) is 0 Å². The molecule has 0 bridgehead atoms. The zero-order chi connectivity index (χ0) is 19.4. The van der Waals surface area contributed by atoms with Crippen LogP contribution >= 0.6 is 0 Å². The highest BCUT2D eigenvalue weighted by Crippen LogP contribution is 2.32. The predicted octanol–water partition coefficient (Wildman–Crippen LogP) is 3.04. The molecule has 1 atom stereocenters. The maximum absolute atomic E-state index is 12.8. The first-order chi connectivity index (χ1) is 13.7. The van der Waals surface area contributed by atoms with Gasteiger partial charge in [0.05, 0.1) is 13.1 Å². The number of hydrogen-bond acceptors (Lipinski definition) is 3. The molecule has 146 valence electrons. The molecule has 1 spiro atoms. The number of amides is 2. The van der Waals surface area contributed by atoms with E-state index in [1.54, 1.807) is 4.90 Å². The molecule has 2 aromatic carbocycles. The van der Waals surface area contributed by atoms with Gasteiger partial charge in [0.25, 0.3) is 5.91 Å². The Morgan fingerprint density at radius 3 is 2.46 bits per heavy atom. The van der Waals surface area contributed by atoms with Crippen LogP contribution in [-0.2, 0) is 20.7 Å². The van der Waals surface area contributed by atoms with Crippen molar-refractivity contribution in [1.29, 1.82) is 0 Å². The topological polar surface area (TPSA) is 49.9 Å². The molecular formula is C23H26N2O3. The number of ether oxygens (including phenoxy) is 1. The second-order valence-electron chi connectivity index (χ2n) is 7.69. The largest absolute Gasteiger partial charge is 0.361 e. The van der Waals surface area contributed by atoms with E-state index in [4.69, 9.17) is 4.74 Å². The van der Waals surface area contributed by atoms with Crippen LogP contribution in [0.25, 0.3) is 0 Å². The monoisotopic (exact) mass is 378 g/mol. The van der Waals surface area contributed by atoms with Crippen LogP contribution in [-0.4, -0.2) is 48.6 Å². The van der Waals surface area contributed by atoms with Crippen molar-refractivity contribution in [3.8, 4) is 0 Å². The lowest BCUT2D eigenvalue weighted by Gasteiger charge is -2.47. The Morgan fingerprint density at radius 1 is 1.00 bits per heavy atom. The van der Waals surface area contributed by atoms with E-state index >= 15 is 0 Å². The molecule has 0 N–H and O–H groups in total. The van der Waals surface area contributed by atoms with Gasteiger partial charge in [0, 0.05) is 18.7 Å². The molecule has 0 aliphatic carbocycles. The summed E-state index contributed by atoms with van der Waals surface area (Å²) >= 11 is 0. The minimum atomic E-state index is -0.468. The Hall–Kier alpha value is -2.66. The van der Waals surface area contributed by atoms with E-state index in [2.05, 4.69) is 12.1 Å². The molecule has 5 heteroatoms. The Labute approximate surface area is 165 Å². The first-order valence-electron chi connectivity index (χ1n) is 9.96. The molecule has 2 fully saturated rings. The third-order valence-electron chi connectivity index (χ3n) is 5.68. The number of likely N-dealkylation sites (tertiary alicyclic amines) is 1. The first kappa shape index (κ1) is 18.7. The predicted molar refractivity (Wildman–Crippen MR) is 108 cm³/mol. The van der Waals surface area contributed by atoms with Crippen molar-refractivity contribution in [3.63, 3.8) is 0 Å². The fourth-order valence-electron chi connectivity index (χ4n) is 4.17. The molecule has 2 aliphatic rings. The minimum absolute atomic E-state index is 0.0237. The van der Waals surface area contributed by atoms with Gasteiger partial charge in [-0.25, -0.2) is 0 Å². The third-order valence-corrected chi connectivity index (χ3v) is 5.68. The number of para-hydroxylation sites is 1. The van der Waals surface area contributed by atoms with Crippen molar-refractivity contribution in [3.05, 3.63) is 66.2 Å². The van der Waals surface area contributed by atoms with Crippen molar-refractivity contribution in [2.45, 2.75) is 31.3 Å². The lowest BCUT2D eigenvalue weighted by atomic mass is 9.90. The molecule has 0 saturated carbocycles. The number of piperidine rings is 1. The summed E-state index contributed by atoms with van der Waals surface area (Å²) in [6.07, 6.45) is 3.01. The number of rotatable bonds is 4. The molecule has 0 aromatic heterocycles. The molecule has 1 unspecified atom stereocenters. The Morgan fingerprint density at radius 2 is 1.71 bits per heavy atom. The van der Waals surface area contributed by atoms with Crippen molar-refractivity contribution in [2.24, 2.45) is 0 Å². The van der Waals surface area contributed by atoms with Gasteiger partial charge in [0.15, 0.2) is 0 Å². The second-order valence-corrected chi connectivity index (χ2v) is 7.69. The van der Waals surface area contributed by atoms with Gasteiger partial charge < -0.3 is 14.5 Å². The SMILES string of the molecule is O=C(CCc1ccccc1)N1CCCC2(C1)CN(c1ccccc1)C(=O)CO2. The van der Waals surface area contributed by atoms with Gasteiger partial charge in [-0.1, -0.05) is 48.5 Å². The summed E-state index contributed by atoms with van der Waals surface area (Å²) < 4.78 is 6.03. The average Bonchev–Trinajstić information content (AvgIpc) is 2.75. The van der Waals surface area contributed by atoms with E-state index in [0.717, 1.165) is 31.5 Å². The van der Waals surface area contributed by atoms with Gasteiger partial charge in [-0.05, 0) is 37.0 Å². The normalized spacial score (nSPS) is 22.5. The van der Waals surface area contributed by atoms with Gasteiger partial charge in [-0.2, -0.15) is 0 Å². The summed E-state index contributed by atoms with van der Waals surface area (Å²) in [5.41, 5.74) is 1.60. The van der Waals surface area contributed by atoms with Gasteiger partial charge in [0.1, 0.15) is 12.2 Å². The molecule has 2 aliphatic heterocycles. The maximum atomic E-state index is 12.8. The quantitative estimate of drug-likeness (QED) is 0.822. The van der Waals surface area contributed by atoms with Gasteiger partial charge in [-0.15, -0.1) is 0 Å². The summed E-state index contributed by atoms with van der Waals surface area (Å²) in [5.74, 6) is 0.138. The van der Waals surface area contributed by atoms with Crippen molar-refractivity contribution in [1.82, 2.24) is 4.90 Å². The number of aryl methyl sites for hydroxylation is 1. The smallest absolute Gasteiger partial charge is 0.253 e. The standard InChI is InChI=1S/C23H26N2O3/c26-21(13-12-19-8-3-1-4-9-19)24-15-7-14-23(17-24)18-25(22(27)16-28-23)20-10-5-2-6-11-20/h1-6,8-11H,7,12-18H2. The van der Waals surface area contributed by atoms with E-state index in [-0.39, 0.29) is 18.4 Å². The molecular weight excluding hydrogens is 352 g/mol. The number of carbonyl (C=O) groups is 2. The van der Waals surface area contributed by atoms with Crippen LogP contribution in [0.2, 0.25) is 0 Å². The summed E-state index contributed by atoms with van der Waals surface area (Å²) in [6, 6.07) is 19.8. The number of hydrogen-bond donors (Lipinski definition) is 0. The van der Waals surface area contributed by atoms with E-state index in [9.17, 15) is 9.59 Å². The van der Waals surface area contributed by atoms with Crippen LogP contribution < -0.4 is 4.90 Å². The molecule has 2 aromatic rings. The van der Waals surface area contributed by atoms with Gasteiger partial charge in [-0.3, -0.25) is 9.59 Å². The fourth-order valence-corrected chi connectivity index (χ4v) is 4.17. The lowest BCUT2D eigenvalue weighted by Crippen LogP contribution is -2.62. The Bertz CT molecular complexity index is 824. The van der Waals surface area contributed by atoms with Crippen LogP contribution in [0, 0.1) is 0 Å². The molecule has 2 heterocycles. The molecule has 28 heavy (non-hydrogen) atoms. The highest BCUT2D eigenvalue weighted by molar-refractivity contribution is 5.95. The molecule has 5 nitrogen and oxygen atoms in total. The zero-order valence-electron chi connectivity index (χ0n) is 16.0. The minimum Gasteiger partial charge on any atom is -0.361 e. The Balaban J connectivity index is 1.42. The molecule has 2 saturated heterocycles. The van der Waals surface area contributed by atoms with Crippen LogP contribution in [0.5, 0.6) is 0 Å². The van der Waals surface area contributed by atoms with Crippen molar-refractivity contribution >= 4 is 17.5 Å². The van der Waals surface area contributed by atoms with Crippen molar-refractivity contribution in [2.75, 3.05) is 31.1 Å². The highest BCUT2D eigenvalue weighted by atomic mass is 16.5. The van der Waals surface area contributed by atoms with E-state index in [1.165, 1.54) is 5.56 Å². The zero-order valence-corrected chi connectivity index (χ0v) is 16.0. The maximum Gasteiger partial charge on any atom is 0.253 e. The molecule has 4 rings (SSSR count). The number of nitrogens with zero attached hydrogens (tertiary/aromatic N) is 2. The lowest BCUT2D eigenvalue weighted by molar-refractivity contribution is -0.153. The fraction of sp³-hybridized carbons (Fsp3) is 0.391. The summed E-state index contributed by atoms with van der Waals surface area (Å²) in [5, 5.41) is 0. The second kappa shape index (κ2) is 8.15. The van der Waals surface area contributed by atoms with E-state index in [1.807, 2.05) is 53.4 Å². The van der Waals surface area contributed by atoms with E-state index in [0.29, 0.717) is 19.5 Å².